The van der Waals surface area contributed by atoms with Gasteiger partial charge < -0.3 is 0 Å². The average molecular weight is 316 g/mol. The minimum Gasteiger partial charge on any atom is -0.268 e. The maximum atomic E-state index is 12.7. The molecule has 7 heteroatoms. The van der Waals surface area contributed by atoms with Gasteiger partial charge in [-0.25, -0.2) is 4.98 Å². The number of hydrogen-bond acceptors (Lipinski definition) is 4. The second-order valence-electron chi connectivity index (χ2n) is 4.71. The van der Waals surface area contributed by atoms with E-state index >= 15 is 0 Å². The van der Waals surface area contributed by atoms with Crippen LogP contribution in [0.4, 0.5) is 5.69 Å². The molecule has 0 amide bonds. The summed E-state index contributed by atoms with van der Waals surface area (Å²) >= 11 is 6.11. The third kappa shape index (κ3) is 2.23. The van der Waals surface area contributed by atoms with Crippen molar-refractivity contribution in [3.63, 3.8) is 0 Å². The van der Waals surface area contributed by atoms with Crippen LogP contribution in [0.1, 0.15) is 5.82 Å². The quantitative estimate of drug-likeness (QED) is 0.537. The Morgan fingerprint density at radius 2 is 1.95 bits per heavy atom. The summed E-state index contributed by atoms with van der Waals surface area (Å²) in [6.45, 7) is 1.69. The molecule has 0 aliphatic rings. The van der Waals surface area contributed by atoms with Crippen LogP contribution >= 0.6 is 11.6 Å². The normalized spacial score (nSPS) is 10.8. The minimum absolute atomic E-state index is 0.122. The number of benzene rings is 2. The van der Waals surface area contributed by atoms with E-state index in [1.165, 1.54) is 22.8 Å². The van der Waals surface area contributed by atoms with Crippen LogP contribution in [0.25, 0.3) is 16.6 Å². The molecule has 0 saturated carbocycles. The first-order valence-electron chi connectivity index (χ1n) is 6.42. The Balaban J connectivity index is 2.31. The topological polar surface area (TPSA) is 78.0 Å². The number of nitrogens with zero attached hydrogens (tertiary/aromatic N) is 3. The van der Waals surface area contributed by atoms with Crippen LogP contribution in [-0.2, 0) is 0 Å². The van der Waals surface area contributed by atoms with Gasteiger partial charge in [0, 0.05) is 12.1 Å². The molecule has 0 N–H and O–H groups in total. The van der Waals surface area contributed by atoms with Gasteiger partial charge in [-0.05, 0) is 25.1 Å². The molecule has 0 aliphatic carbocycles. The fourth-order valence-electron chi connectivity index (χ4n) is 2.32. The number of fused-ring (bicyclic) bond motifs is 1. The summed E-state index contributed by atoms with van der Waals surface area (Å²) < 4.78 is 1.36. The Morgan fingerprint density at radius 1 is 1.23 bits per heavy atom. The fourth-order valence-corrected chi connectivity index (χ4v) is 2.58. The second-order valence-corrected chi connectivity index (χ2v) is 5.12. The Hall–Kier alpha value is -2.73. The van der Waals surface area contributed by atoms with Crippen molar-refractivity contribution in [1.29, 1.82) is 0 Å². The van der Waals surface area contributed by atoms with Crippen molar-refractivity contribution in [2.24, 2.45) is 0 Å². The van der Waals surface area contributed by atoms with Gasteiger partial charge in [-0.2, -0.15) is 0 Å². The molecule has 110 valence electrons. The van der Waals surface area contributed by atoms with Gasteiger partial charge in [0.25, 0.3) is 11.2 Å². The summed E-state index contributed by atoms with van der Waals surface area (Å²) in [5, 5.41) is 11.4. The van der Waals surface area contributed by atoms with Crippen molar-refractivity contribution in [2.75, 3.05) is 0 Å². The smallest absolute Gasteiger partial charge is 0.268 e. The molecule has 0 unspecified atom stereocenters. The predicted molar refractivity (Wildman–Crippen MR) is 83.7 cm³/mol. The number of aromatic nitrogens is 2. The van der Waals surface area contributed by atoms with Crippen molar-refractivity contribution in [3.8, 4) is 5.69 Å². The summed E-state index contributed by atoms with van der Waals surface area (Å²) in [6.07, 6.45) is 0. The van der Waals surface area contributed by atoms with E-state index in [9.17, 15) is 14.9 Å². The summed E-state index contributed by atoms with van der Waals surface area (Å²) in [5.41, 5.74) is 0.569. The maximum Gasteiger partial charge on any atom is 0.271 e. The SMILES string of the molecule is Cc1nc2ccccc2c(=O)n1-c1ccc([N+](=O)[O-])cc1Cl. The molecule has 0 aliphatic heterocycles. The maximum absolute atomic E-state index is 12.7. The number of nitro groups is 1. The Labute approximate surface area is 129 Å². The molecular weight excluding hydrogens is 306 g/mol. The molecule has 1 aromatic heterocycles. The van der Waals surface area contributed by atoms with Crippen LogP contribution in [0.2, 0.25) is 5.02 Å². The Morgan fingerprint density at radius 3 is 2.64 bits per heavy atom. The van der Waals surface area contributed by atoms with E-state index in [1.807, 2.05) is 0 Å². The first-order chi connectivity index (χ1) is 10.5. The number of halogens is 1. The predicted octanol–water partition coefficient (Wildman–Crippen LogP) is 3.26. The zero-order chi connectivity index (χ0) is 15.9. The lowest BCUT2D eigenvalue weighted by molar-refractivity contribution is -0.384. The standard InChI is InChI=1S/C15H10ClN3O3/c1-9-17-13-5-3-2-4-11(13)15(20)18(9)14-7-6-10(19(21)22)8-12(14)16/h2-8H,1H3. The van der Waals surface area contributed by atoms with E-state index < -0.39 is 4.92 Å². The highest BCUT2D eigenvalue weighted by Crippen LogP contribution is 2.25. The first kappa shape index (κ1) is 14.2. The van der Waals surface area contributed by atoms with Crippen LogP contribution in [-0.4, -0.2) is 14.5 Å². The van der Waals surface area contributed by atoms with E-state index in [1.54, 1.807) is 31.2 Å². The molecule has 1 heterocycles. The minimum atomic E-state index is -0.538. The van der Waals surface area contributed by atoms with E-state index in [4.69, 9.17) is 11.6 Å². The zero-order valence-electron chi connectivity index (χ0n) is 11.5. The molecule has 22 heavy (non-hydrogen) atoms. The second kappa shape index (κ2) is 5.23. The highest BCUT2D eigenvalue weighted by atomic mass is 35.5. The van der Waals surface area contributed by atoms with Gasteiger partial charge in [0.05, 0.1) is 26.5 Å². The average Bonchev–Trinajstić information content (AvgIpc) is 2.48. The highest BCUT2D eigenvalue weighted by Gasteiger charge is 2.15. The van der Waals surface area contributed by atoms with Crippen molar-refractivity contribution < 1.29 is 4.92 Å². The van der Waals surface area contributed by atoms with Crippen LogP contribution < -0.4 is 5.56 Å². The molecular formula is C15H10ClN3O3. The van der Waals surface area contributed by atoms with E-state index in [0.29, 0.717) is 22.4 Å². The van der Waals surface area contributed by atoms with Crippen LogP contribution in [0.15, 0.2) is 47.3 Å². The molecule has 2 aromatic carbocycles. The number of aryl methyl sites for hydroxylation is 1. The van der Waals surface area contributed by atoms with E-state index in [-0.39, 0.29) is 16.3 Å². The van der Waals surface area contributed by atoms with Crippen LogP contribution in [0.5, 0.6) is 0 Å². The van der Waals surface area contributed by atoms with E-state index in [0.717, 1.165) is 0 Å². The summed E-state index contributed by atoms with van der Waals surface area (Å²) in [5.74, 6) is 0.458. The largest absolute Gasteiger partial charge is 0.271 e. The number of nitro benzene ring substituents is 1. The van der Waals surface area contributed by atoms with Gasteiger partial charge >= 0.3 is 0 Å². The molecule has 0 atom stereocenters. The molecule has 0 spiro atoms. The number of para-hydroxylation sites is 1. The van der Waals surface area contributed by atoms with Crippen LogP contribution in [0.3, 0.4) is 0 Å². The first-order valence-corrected chi connectivity index (χ1v) is 6.79. The number of hydrogen-bond donors (Lipinski definition) is 0. The molecule has 3 rings (SSSR count). The zero-order valence-corrected chi connectivity index (χ0v) is 12.2. The molecule has 0 bridgehead atoms. The highest BCUT2D eigenvalue weighted by molar-refractivity contribution is 6.32. The van der Waals surface area contributed by atoms with Gasteiger partial charge in [0.15, 0.2) is 0 Å². The molecule has 0 radical (unpaired) electrons. The number of non-ortho nitro benzene ring substituents is 1. The monoisotopic (exact) mass is 315 g/mol. The molecule has 3 aromatic rings. The van der Waals surface area contributed by atoms with Crippen molar-refractivity contribution in [1.82, 2.24) is 9.55 Å². The van der Waals surface area contributed by atoms with Gasteiger partial charge in [-0.3, -0.25) is 19.5 Å². The lowest BCUT2D eigenvalue weighted by Gasteiger charge is -2.12. The summed E-state index contributed by atoms with van der Waals surface area (Å²) in [6, 6.07) is 11.0. The Kier molecular flexibility index (Phi) is 3.38. The van der Waals surface area contributed by atoms with Crippen molar-refractivity contribution in [3.05, 3.63) is 73.8 Å². The summed E-state index contributed by atoms with van der Waals surface area (Å²) in [7, 11) is 0. The molecule has 0 fully saturated rings. The summed E-state index contributed by atoms with van der Waals surface area (Å²) in [4.78, 5) is 27.3. The van der Waals surface area contributed by atoms with Gasteiger partial charge in [0.2, 0.25) is 0 Å². The fraction of sp³-hybridized carbons (Fsp3) is 0.0667. The lowest BCUT2D eigenvalue weighted by atomic mass is 10.2. The third-order valence-electron chi connectivity index (χ3n) is 3.33. The molecule has 6 nitrogen and oxygen atoms in total. The van der Waals surface area contributed by atoms with Gasteiger partial charge in [-0.1, -0.05) is 23.7 Å². The van der Waals surface area contributed by atoms with Crippen molar-refractivity contribution >= 4 is 28.2 Å². The van der Waals surface area contributed by atoms with Gasteiger partial charge in [0.1, 0.15) is 5.82 Å². The number of rotatable bonds is 2. The van der Waals surface area contributed by atoms with Gasteiger partial charge in [-0.15, -0.1) is 0 Å². The third-order valence-corrected chi connectivity index (χ3v) is 3.63. The van der Waals surface area contributed by atoms with E-state index in [2.05, 4.69) is 4.98 Å². The Bertz CT molecular complexity index is 966. The lowest BCUT2D eigenvalue weighted by Crippen LogP contribution is -2.22. The van der Waals surface area contributed by atoms with Crippen molar-refractivity contribution in [2.45, 2.75) is 6.92 Å². The molecule has 0 saturated heterocycles. The van der Waals surface area contributed by atoms with Crippen LogP contribution in [0, 0.1) is 17.0 Å².